The number of carbonyl (C=O) groups is 1. The molecule has 0 saturated carbocycles. The third-order valence-electron chi connectivity index (χ3n) is 4.71. The zero-order valence-electron chi connectivity index (χ0n) is 15.3. The Morgan fingerprint density at radius 1 is 0.966 bits per heavy atom. The molecule has 0 spiro atoms. The molecule has 0 fully saturated rings. The number of rotatable bonds is 4. The summed E-state index contributed by atoms with van der Waals surface area (Å²) in [5, 5.41) is 10.5. The van der Waals surface area contributed by atoms with E-state index in [9.17, 15) is 18.3 Å². The molecule has 0 aliphatic carbocycles. The molecular formula is C22H16ClNO4S. The second-order valence-corrected chi connectivity index (χ2v) is 8.86. The van der Waals surface area contributed by atoms with Gasteiger partial charge in [-0.3, -0.25) is 0 Å². The Kier molecular flexibility index (Phi) is 4.68. The van der Waals surface area contributed by atoms with E-state index in [0.29, 0.717) is 10.6 Å². The smallest absolute Gasteiger partial charge is 0.338 e. The lowest BCUT2D eigenvalue weighted by atomic mass is 10.1. The number of fused-ring (bicyclic) bond motifs is 1. The standard InChI is InChI=1S/C22H16ClNO4S/c1-14-7-10-17(11-8-14)29(27,28)24-19-12-9-16(23)13-18(19)20(22(25)26)21(24)15-5-3-2-4-6-15/h2-13H,1H3,(H,25,26). The van der Waals surface area contributed by atoms with Gasteiger partial charge in [-0.05, 0) is 37.3 Å². The molecule has 0 radical (unpaired) electrons. The molecule has 3 aromatic carbocycles. The third-order valence-corrected chi connectivity index (χ3v) is 6.67. The number of aryl methyl sites for hydroxylation is 1. The number of aromatic nitrogens is 1. The molecular weight excluding hydrogens is 410 g/mol. The summed E-state index contributed by atoms with van der Waals surface area (Å²) < 4.78 is 28.3. The maximum atomic E-state index is 13.6. The average molecular weight is 426 g/mol. The first-order chi connectivity index (χ1) is 13.8. The lowest BCUT2D eigenvalue weighted by molar-refractivity contribution is 0.0700. The normalized spacial score (nSPS) is 11.7. The lowest BCUT2D eigenvalue weighted by Gasteiger charge is -2.13. The summed E-state index contributed by atoms with van der Waals surface area (Å²) in [5.74, 6) is -1.23. The molecule has 0 saturated heterocycles. The number of hydrogen-bond donors (Lipinski definition) is 1. The van der Waals surface area contributed by atoms with Gasteiger partial charge < -0.3 is 5.11 Å². The highest BCUT2D eigenvalue weighted by atomic mass is 35.5. The Labute approximate surface area is 172 Å². The summed E-state index contributed by atoms with van der Waals surface area (Å²) in [6.07, 6.45) is 0. The quantitative estimate of drug-likeness (QED) is 0.487. The van der Waals surface area contributed by atoms with Gasteiger partial charge in [0.2, 0.25) is 0 Å². The number of hydrogen-bond acceptors (Lipinski definition) is 3. The first-order valence-electron chi connectivity index (χ1n) is 8.75. The van der Waals surface area contributed by atoms with Crippen molar-refractivity contribution in [2.75, 3.05) is 0 Å². The van der Waals surface area contributed by atoms with Crippen molar-refractivity contribution < 1.29 is 18.3 Å². The Balaban J connectivity index is 2.18. The van der Waals surface area contributed by atoms with Crippen LogP contribution in [0.2, 0.25) is 5.02 Å². The minimum atomic E-state index is -4.08. The van der Waals surface area contributed by atoms with E-state index in [2.05, 4.69) is 0 Å². The van der Waals surface area contributed by atoms with Crippen molar-refractivity contribution in [3.8, 4) is 11.3 Å². The Hall–Kier alpha value is -3.09. The van der Waals surface area contributed by atoms with E-state index in [1.54, 1.807) is 48.5 Å². The number of nitrogens with zero attached hydrogens (tertiary/aromatic N) is 1. The fourth-order valence-corrected chi connectivity index (χ4v) is 5.09. The highest BCUT2D eigenvalue weighted by Gasteiger charge is 2.30. The second kappa shape index (κ2) is 7.06. The van der Waals surface area contributed by atoms with Crippen LogP contribution in [0.5, 0.6) is 0 Å². The molecule has 1 aromatic heterocycles. The Morgan fingerprint density at radius 3 is 2.24 bits per heavy atom. The molecule has 1 heterocycles. The molecule has 4 rings (SSSR count). The summed E-state index contributed by atoms with van der Waals surface area (Å²) in [4.78, 5) is 12.3. The predicted molar refractivity (Wildman–Crippen MR) is 113 cm³/mol. The van der Waals surface area contributed by atoms with Gasteiger partial charge in [-0.1, -0.05) is 59.6 Å². The minimum absolute atomic E-state index is 0.0732. The largest absolute Gasteiger partial charge is 0.478 e. The van der Waals surface area contributed by atoms with E-state index in [1.807, 2.05) is 6.92 Å². The van der Waals surface area contributed by atoms with Gasteiger partial charge >= 0.3 is 5.97 Å². The maximum Gasteiger partial charge on any atom is 0.338 e. The van der Waals surface area contributed by atoms with Crippen LogP contribution in [0, 0.1) is 6.92 Å². The summed E-state index contributed by atoms with van der Waals surface area (Å²) in [6, 6.07) is 19.6. The molecule has 0 amide bonds. The molecule has 0 aliphatic rings. The van der Waals surface area contributed by atoms with Crippen molar-refractivity contribution >= 4 is 38.5 Å². The molecule has 7 heteroatoms. The van der Waals surface area contributed by atoms with Crippen molar-refractivity contribution in [2.45, 2.75) is 11.8 Å². The minimum Gasteiger partial charge on any atom is -0.478 e. The van der Waals surface area contributed by atoms with E-state index in [1.165, 1.54) is 24.3 Å². The van der Waals surface area contributed by atoms with Gasteiger partial charge in [0.1, 0.15) is 0 Å². The molecule has 0 atom stereocenters. The molecule has 29 heavy (non-hydrogen) atoms. The van der Waals surface area contributed by atoms with Crippen LogP contribution in [-0.2, 0) is 10.0 Å². The van der Waals surface area contributed by atoms with Crippen LogP contribution in [-0.4, -0.2) is 23.5 Å². The summed E-state index contributed by atoms with van der Waals surface area (Å²) in [6.45, 7) is 1.86. The van der Waals surface area contributed by atoms with Gasteiger partial charge in [-0.2, -0.15) is 0 Å². The molecule has 146 valence electrons. The predicted octanol–water partition coefficient (Wildman–Crippen LogP) is 5.21. The van der Waals surface area contributed by atoms with Gasteiger partial charge in [0.15, 0.2) is 0 Å². The second-order valence-electron chi connectivity index (χ2n) is 6.64. The van der Waals surface area contributed by atoms with Crippen LogP contribution in [0.3, 0.4) is 0 Å². The van der Waals surface area contributed by atoms with E-state index in [-0.39, 0.29) is 27.1 Å². The lowest BCUT2D eigenvalue weighted by Crippen LogP contribution is -2.15. The fourth-order valence-electron chi connectivity index (χ4n) is 3.37. The van der Waals surface area contributed by atoms with Crippen molar-refractivity contribution in [2.24, 2.45) is 0 Å². The SMILES string of the molecule is Cc1ccc(S(=O)(=O)n2c(-c3ccccc3)c(C(=O)O)c3cc(Cl)ccc32)cc1. The molecule has 1 N–H and O–H groups in total. The van der Waals surface area contributed by atoms with E-state index < -0.39 is 16.0 Å². The van der Waals surface area contributed by atoms with Gasteiger partial charge in [0, 0.05) is 16.0 Å². The number of benzene rings is 3. The number of aromatic carboxylic acids is 1. The van der Waals surface area contributed by atoms with Crippen LogP contribution in [0.25, 0.3) is 22.2 Å². The van der Waals surface area contributed by atoms with Gasteiger partial charge in [-0.15, -0.1) is 0 Å². The topological polar surface area (TPSA) is 76.4 Å². The van der Waals surface area contributed by atoms with Crippen LogP contribution < -0.4 is 0 Å². The Bertz CT molecular complexity index is 1340. The highest BCUT2D eigenvalue weighted by molar-refractivity contribution is 7.90. The number of carboxylic acids is 1. The summed E-state index contributed by atoms with van der Waals surface area (Å²) in [5.41, 5.74) is 1.64. The van der Waals surface area contributed by atoms with Crippen LogP contribution >= 0.6 is 11.6 Å². The van der Waals surface area contributed by atoms with Gasteiger partial charge in [0.05, 0.1) is 21.7 Å². The molecule has 0 bridgehead atoms. The molecule has 4 aromatic rings. The van der Waals surface area contributed by atoms with Crippen LogP contribution in [0.4, 0.5) is 0 Å². The van der Waals surface area contributed by atoms with Gasteiger partial charge in [0.25, 0.3) is 10.0 Å². The van der Waals surface area contributed by atoms with Crippen LogP contribution in [0.1, 0.15) is 15.9 Å². The van der Waals surface area contributed by atoms with E-state index in [4.69, 9.17) is 11.6 Å². The first kappa shape index (κ1) is 19.2. The number of carboxylic acid groups (broad SMARTS) is 1. The monoisotopic (exact) mass is 425 g/mol. The van der Waals surface area contributed by atoms with E-state index in [0.717, 1.165) is 9.54 Å². The van der Waals surface area contributed by atoms with Crippen molar-refractivity contribution in [3.05, 3.63) is 88.9 Å². The third kappa shape index (κ3) is 3.20. The maximum absolute atomic E-state index is 13.6. The first-order valence-corrected chi connectivity index (χ1v) is 10.6. The molecule has 5 nitrogen and oxygen atoms in total. The zero-order chi connectivity index (χ0) is 20.8. The zero-order valence-corrected chi connectivity index (χ0v) is 16.9. The van der Waals surface area contributed by atoms with Crippen LogP contribution in [0.15, 0.2) is 77.7 Å². The average Bonchev–Trinajstić information content (AvgIpc) is 3.04. The molecule has 0 unspecified atom stereocenters. The Morgan fingerprint density at radius 2 is 1.62 bits per heavy atom. The van der Waals surface area contributed by atoms with Crippen molar-refractivity contribution in [1.29, 1.82) is 0 Å². The van der Waals surface area contributed by atoms with Gasteiger partial charge in [-0.25, -0.2) is 17.2 Å². The highest BCUT2D eigenvalue weighted by Crippen LogP contribution is 2.38. The summed E-state index contributed by atoms with van der Waals surface area (Å²) >= 11 is 6.10. The van der Waals surface area contributed by atoms with Crippen molar-refractivity contribution in [3.63, 3.8) is 0 Å². The van der Waals surface area contributed by atoms with E-state index >= 15 is 0 Å². The summed E-state index contributed by atoms with van der Waals surface area (Å²) in [7, 11) is -4.08. The fraction of sp³-hybridized carbons (Fsp3) is 0.0455. The number of halogens is 1. The molecule has 0 aliphatic heterocycles. The van der Waals surface area contributed by atoms with Crippen molar-refractivity contribution in [1.82, 2.24) is 3.97 Å².